The highest BCUT2D eigenvalue weighted by atomic mass is 32.2. The van der Waals surface area contributed by atoms with Gasteiger partial charge in [0, 0.05) is 18.4 Å². The molecule has 1 aliphatic heterocycles. The van der Waals surface area contributed by atoms with Crippen molar-refractivity contribution >= 4 is 22.3 Å². The highest BCUT2D eigenvalue weighted by Crippen LogP contribution is 2.33. The lowest BCUT2D eigenvalue weighted by Crippen LogP contribution is -2.43. The second-order valence-corrected chi connectivity index (χ2v) is 12.2. The Bertz CT molecular complexity index is 1690. The zero-order valence-electron chi connectivity index (χ0n) is 25.3. The number of nitrogens with one attached hydrogen (secondary N) is 1. The van der Waals surface area contributed by atoms with Crippen LogP contribution in [0.2, 0.25) is 0 Å². The Labute approximate surface area is 267 Å². The van der Waals surface area contributed by atoms with Gasteiger partial charge in [-0.3, -0.25) is 0 Å². The van der Waals surface area contributed by atoms with Crippen LogP contribution in [-0.4, -0.2) is 72.5 Å². The van der Waals surface area contributed by atoms with E-state index in [9.17, 15) is 36.4 Å². The van der Waals surface area contributed by atoms with E-state index < -0.39 is 53.1 Å². The molecule has 0 radical (unpaired) electrons. The van der Waals surface area contributed by atoms with Gasteiger partial charge >= 0.3 is 18.4 Å². The third-order valence-electron chi connectivity index (χ3n) is 6.58. The van der Waals surface area contributed by atoms with Crippen LogP contribution in [-0.2, 0) is 35.2 Å². The molecular formula is C28H31F3N6O9S. The van der Waals surface area contributed by atoms with Crippen LogP contribution in [0.4, 0.5) is 22.8 Å². The van der Waals surface area contributed by atoms with Gasteiger partial charge in [-0.25, -0.2) is 27.4 Å². The summed E-state index contributed by atoms with van der Waals surface area (Å²) in [5.41, 5.74) is 0.533. The van der Waals surface area contributed by atoms with Gasteiger partial charge in [-0.05, 0) is 51.1 Å². The first kappa shape index (κ1) is 34.8. The number of halogens is 3. The Balaban J connectivity index is 1.33. The predicted octanol–water partition coefficient (Wildman–Crippen LogP) is 5.07. The largest absolute Gasteiger partial charge is 0.569 e. The molecule has 0 bridgehead atoms. The standard InChI is InChI=1S/C28H31F3N6O9S/c1-18(2)45-27(39)43-17-44-34-37(40)35-14-12-22(13-15-35)46-26(38)33-47(41,42)23-10-8-21(9-11-23)36-24(16-25(32-36)28(29,30)31)20-6-4-19(3)5-7-20/h4-11,16,18,22H,12-15,17H2,1-3H3,(H,33,38)/b37-34+. The van der Waals surface area contributed by atoms with Crippen molar-refractivity contribution in [3.05, 3.63) is 71.1 Å². The van der Waals surface area contributed by atoms with Gasteiger partial charge in [-0.2, -0.15) is 18.3 Å². The Morgan fingerprint density at radius 1 is 1.11 bits per heavy atom. The van der Waals surface area contributed by atoms with Crippen LogP contribution in [0.15, 0.2) is 64.8 Å². The molecule has 254 valence electrons. The van der Waals surface area contributed by atoms with E-state index in [0.717, 1.165) is 28.4 Å². The number of hydrogen-bond acceptors (Lipinski definition) is 11. The van der Waals surface area contributed by atoms with Gasteiger partial charge in [-0.1, -0.05) is 29.8 Å². The lowest BCUT2D eigenvalue weighted by Gasteiger charge is -2.27. The minimum atomic E-state index is -4.71. The zero-order chi connectivity index (χ0) is 34.4. The summed E-state index contributed by atoms with van der Waals surface area (Å²) in [5, 5.41) is 20.2. The fraction of sp³-hybridized carbons (Fsp3) is 0.393. The summed E-state index contributed by atoms with van der Waals surface area (Å²) in [5.74, 6) is 0. The summed E-state index contributed by atoms with van der Waals surface area (Å²) in [7, 11) is -4.42. The quantitative estimate of drug-likeness (QED) is 0.0753. The van der Waals surface area contributed by atoms with E-state index in [-0.39, 0.29) is 47.2 Å². The number of nitrogens with zero attached hydrogens (tertiary/aromatic N) is 5. The molecule has 4 rings (SSSR count). The SMILES string of the molecule is Cc1ccc(-c2cc(C(F)(F)F)nn2-c2ccc(S(=O)(=O)NC(=O)OC3CCN(/[N+]([O-])=N\OCOC(=O)OC(C)C)CC3)cc2)cc1. The van der Waals surface area contributed by atoms with E-state index in [2.05, 4.69) is 20.0 Å². The number of hydrazine groups is 1. The Hall–Kier alpha value is -5.07. The van der Waals surface area contributed by atoms with E-state index in [1.54, 1.807) is 42.8 Å². The summed E-state index contributed by atoms with van der Waals surface area (Å²) in [6.45, 7) is 4.57. The van der Waals surface area contributed by atoms with Crippen molar-refractivity contribution in [2.75, 3.05) is 19.9 Å². The van der Waals surface area contributed by atoms with Gasteiger partial charge < -0.3 is 24.3 Å². The van der Waals surface area contributed by atoms with Crippen molar-refractivity contribution in [3.8, 4) is 16.9 Å². The maximum atomic E-state index is 13.5. The Morgan fingerprint density at radius 2 is 1.74 bits per heavy atom. The number of benzene rings is 2. The first-order valence-electron chi connectivity index (χ1n) is 14.1. The smallest absolute Gasteiger partial charge is 0.511 e. The van der Waals surface area contributed by atoms with Gasteiger partial charge in [0.05, 0.1) is 40.4 Å². The third-order valence-corrected chi connectivity index (χ3v) is 7.91. The van der Waals surface area contributed by atoms with Crippen molar-refractivity contribution < 1.29 is 55.2 Å². The molecule has 0 aliphatic carbocycles. The summed E-state index contributed by atoms with van der Waals surface area (Å²) in [6.07, 6.45) is -7.79. The molecule has 0 unspecified atom stereocenters. The van der Waals surface area contributed by atoms with E-state index >= 15 is 0 Å². The third kappa shape index (κ3) is 9.47. The van der Waals surface area contributed by atoms with Crippen LogP contribution in [0, 0.1) is 12.1 Å². The zero-order valence-corrected chi connectivity index (χ0v) is 26.2. The molecule has 19 heteroatoms. The number of amides is 1. The summed E-state index contributed by atoms with van der Waals surface area (Å²) in [6, 6.07) is 12.4. The number of carbonyl (C=O) groups excluding carboxylic acids is 2. The van der Waals surface area contributed by atoms with Crippen molar-refractivity contribution in [2.45, 2.75) is 56.9 Å². The van der Waals surface area contributed by atoms with E-state index in [0.29, 0.717) is 5.56 Å². The Morgan fingerprint density at radius 3 is 2.34 bits per heavy atom. The lowest BCUT2D eigenvalue weighted by molar-refractivity contribution is -0.714. The number of carbonyl (C=O) groups is 2. The second-order valence-electron chi connectivity index (χ2n) is 10.5. The molecule has 0 saturated carbocycles. The fourth-order valence-electron chi connectivity index (χ4n) is 4.31. The maximum absolute atomic E-state index is 13.5. The van der Waals surface area contributed by atoms with Gasteiger partial charge in [0.15, 0.2) is 5.69 Å². The van der Waals surface area contributed by atoms with Crippen LogP contribution in [0.1, 0.15) is 37.9 Å². The van der Waals surface area contributed by atoms with Crippen LogP contribution >= 0.6 is 0 Å². The molecular weight excluding hydrogens is 653 g/mol. The number of piperidine rings is 1. The summed E-state index contributed by atoms with van der Waals surface area (Å²) < 4.78 is 83.5. The first-order chi connectivity index (χ1) is 22.1. The van der Waals surface area contributed by atoms with Gasteiger partial charge in [0.2, 0.25) is 5.28 Å². The molecule has 15 nitrogen and oxygen atoms in total. The van der Waals surface area contributed by atoms with E-state index in [1.165, 1.54) is 17.1 Å². The van der Waals surface area contributed by atoms with E-state index in [4.69, 9.17) is 9.47 Å². The summed E-state index contributed by atoms with van der Waals surface area (Å²) in [4.78, 5) is 28.1. The normalized spacial score (nSPS) is 14.5. The minimum Gasteiger partial charge on any atom is -0.569 e. The maximum Gasteiger partial charge on any atom is 0.511 e. The topological polar surface area (TPSA) is 177 Å². The molecule has 0 atom stereocenters. The molecule has 1 aliphatic rings. The monoisotopic (exact) mass is 684 g/mol. The first-order valence-corrected chi connectivity index (χ1v) is 15.6. The Kier molecular flexibility index (Phi) is 10.8. The van der Waals surface area contributed by atoms with Crippen LogP contribution in [0.3, 0.4) is 0 Å². The van der Waals surface area contributed by atoms with Gasteiger partial charge in [0.25, 0.3) is 16.8 Å². The summed E-state index contributed by atoms with van der Waals surface area (Å²) >= 11 is 0. The van der Waals surface area contributed by atoms with Crippen molar-refractivity contribution in [1.29, 1.82) is 0 Å². The predicted molar refractivity (Wildman–Crippen MR) is 155 cm³/mol. The fourth-order valence-corrected chi connectivity index (χ4v) is 5.19. The number of rotatable bonds is 10. The molecule has 2 heterocycles. The van der Waals surface area contributed by atoms with Crippen LogP contribution in [0.5, 0.6) is 0 Å². The number of hydrogen-bond donors (Lipinski definition) is 1. The number of ether oxygens (including phenoxy) is 3. The molecule has 1 amide bonds. The van der Waals surface area contributed by atoms with Crippen molar-refractivity contribution in [3.63, 3.8) is 0 Å². The van der Waals surface area contributed by atoms with E-state index in [1.807, 2.05) is 6.92 Å². The number of aryl methyl sites for hydroxylation is 1. The van der Waals surface area contributed by atoms with Gasteiger partial charge in [0.1, 0.15) is 6.10 Å². The molecule has 47 heavy (non-hydrogen) atoms. The minimum absolute atomic E-state index is 0.0762. The average molecular weight is 685 g/mol. The van der Waals surface area contributed by atoms with Crippen molar-refractivity contribution in [1.82, 2.24) is 19.5 Å². The van der Waals surface area contributed by atoms with Crippen LogP contribution < -0.4 is 4.72 Å². The van der Waals surface area contributed by atoms with Crippen molar-refractivity contribution in [2.24, 2.45) is 5.28 Å². The highest BCUT2D eigenvalue weighted by Gasteiger charge is 2.35. The molecule has 1 fully saturated rings. The molecule has 1 saturated heterocycles. The van der Waals surface area contributed by atoms with Gasteiger partial charge in [-0.15, -0.1) is 5.01 Å². The highest BCUT2D eigenvalue weighted by molar-refractivity contribution is 7.90. The molecule has 1 aromatic heterocycles. The lowest BCUT2D eigenvalue weighted by atomic mass is 10.1. The number of alkyl halides is 3. The van der Waals surface area contributed by atoms with Crippen LogP contribution in [0.25, 0.3) is 16.9 Å². The molecule has 2 aromatic carbocycles. The number of sulfonamides is 1. The second kappa shape index (κ2) is 14.6. The molecule has 0 spiro atoms. The molecule has 1 N–H and O–H groups in total. The number of aromatic nitrogens is 2. The molecule has 3 aromatic rings. The average Bonchev–Trinajstić information content (AvgIpc) is 3.46.